The summed E-state index contributed by atoms with van der Waals surface area (Å²) in [5.74, 6) is 1.17. The lowest BCUT2D eigenvalue weighted by Crippen LogP contribution is -2.39. The van der Waals surface area contributed by atoms with Crippen LogP contribution in [0, 0.1) is 11.8 Å². The molecule has 3 nitrogen and oxygen atoms in total. The van der Waals surface area contributed by atoms with Crippen LogP contribution in [0.25, 0.3) is 0 Å². The van der Waals surface area contributed by atoms with E-state index in [4.69, 9.17) is 5.73 Å². The summed E-state index contributed by atoms with van der Waals surface area (Å²) in [7, 11) is 0. The minimum Gasteiger partial charge on any atom is -0.356 e. The summed E-state index contributed by atoms with van der Waals surface area (Å²) in [6.07, 6.45) is 9.40. The fourth-order valence-electron chi connectivity index (χ4n) is 3.07. The molecule has 2 unspecified atom stereocenters. The summed E-state index contributed by atoms with van der Waals surface area (Å²) in [5, 5.41) is 3.12. The van der Waals surface area contributed by atoms with Gasteiger partial charge in [-0.1, -0.05) is 19.3 Å². The standard InChI is InChI=1S/C13H24N2O/c14-12-7-3-6-11(8-12)13(16)15-9-10-4-1-2-5-10/h10-12H,1-9,14H2,(H,15,16). The number of amides is 1. The Balaban J connectivity index is 1.70. The third-order valence-corrected chi connectivity index (χ3v) is 4.13. The summed E-state index contributed by atoms with van der Waals surface area (Å²) in [4.78, 5) is 11.9. The van der Waals surface area contributed by atoms with Crippen molar-refractivity contribution >= 4 is 5.91 Å². The molecule has 3 N–H and O–H groups in total. The first kappa shape index (κ1) is 11.9. The summed E-state index contributed by atoms with van der Waals surface area (Å²) < 4.78 is 0. The fourth-order valence-corrected chi connectivity index (χ4v) is 3.07. The first-order valence-electron chi connectivity index (χ1n) is 6.79. The smallest absolute Gasteiger partial charge is 0.223 e. The van der Waals surface area contributed by atoms with Crippen molar-refractivity contribution in [3.8, 4) is 0 Å². The van der Waals surface area contributed by atoms with Crippen molar-refractivity contribution < 1.29 is 4.79 Å². The predicted octanol–water partition coefficient (Wildman–Crippen LogP) is 1.81. The van der Waals surface area contributed by atoms with Crippen LogP contribution in [0.4, 0.5) is 0 Å². The Bertz CT molecular complexity index is 236. The first-order chi connectivity index (χ1) is 7.75. The molecule has 0 radical (unpaired) electrons. The zero-order chi connectivity index (χ0) is 11.4. The van der Waals surface area contributed by atoms with Crippen molar-refractivity contribution in [2.45, 2.75) is 57.4 Å². The number of nitrogens with one attached hydrogen (secondary N) is 1. The van der Waals surface area contributed by atoms with Crippen molar-refractivity contribution in [3.05, 3.63) is 0 Å². The Morgan fingerprint density at radius 1 is 1.12 bits per heavy atom. The number of carbonyl (C=O) groups is 1. The number of hydrogen-bond acceptors (Lipinski definition) is 2. The maximum atomic E-state index is 11.9. The fraction of sp³-hybridized carbons (Fsp3) is 0.923. The third-order valence-electron chi connectivity index (χ3n) is 4.13. The normalized spacial score (nSPS) is 31.6. The van der Waals surface area contributed by atoms with E-state index in [1.54, 1.807) is 0 Å². The molecule has 16 heavy (non-hydrogen) atoms. The van der Waals surface area contributed by atoms with Gasteiger partial charge >= 0.3 is 0 Å². The molecule has 0 spiro atoms. The van der Waals surface area contributed by atoms with E-state index in [-0.39, 0.29) is 17.9 Å². The topological polar surface area (TPSA) is 55.1 Å². The highest BCUT2D eigenvalue weighted by atomic mass is 16.1. The van der Waals surface area contributed by atoms with Crippen LogP contribution in [0.15, 0.2) is 0 Å². The number of rotatable bonds is 3. The van der Waals surface area contributed by atoms with Crippen LogP contribution in [0.1, 0.15) is 51.4 Å². The first-order valence-corrected chi connectivity index (χ1v) is 6.79. The third kappa shape index (κ3) is 3.21. The molecule has 0 aliphatic heterocycles. The van der Waals surface area contributed by atoms with E-state index in [1.165, 1.54) is 25.7 Å². The van der Waals surface area contributed by atoms with Gasteiger partial charge in [-0.25, -0.2) is 0 Å². The average molecular weight is 224 g/mol. The predicted molar refractivity (Wildman–Crippen MR) is 64.9 cm³/mol. The van der Waals surface area contributed by atoms with Gasteiger partial charge in [-0.05, 0) is 38.0 Å². The van der Waals surface area contributed by atoms with Gasteiger partial charge in [0.2, 0.25) is 5.91 Å². The molecule has 2 rings (SSSR count). The van der Waals surface area contributed by atoms with Gasteiger partial charge < -0.3 is 11.1 Å². The van der Waals surface area contributed by atoms with E-state index >= 15 is 0 Å². The lowest BCUT2D eigenvalue weighted by Gasteiger charge is -2.26. The monoisotopic (exact) mass is 224 g/mol. The van der Waals surface area contributed by atoms with Gasteiger partial charge in [0.1, 0.15) is 0 Å². The number of hydrogen-bond donors (Lipinski definition) is 2. The van der Waals surface area contributed by atoms with E-state index in [9.17, 15) is 4.79 Å². The van der Waals surface area contributed by atoms with Crippen LogP contribution in [0.2, 0.25) is 0 Å². The van der Waals surface area contributed by atoms with Crippen LogP contribution < -0.4 is 11.1 Å². The molecule has 2 saturated carbocycles. The Labute approximate surface area is 98.2 Å². The van der Waals surface area contributed by atoms with Crippen LogP contribution in [0.3, 0.4) is 0 Å². The Morgan fingerprint density at radius 2 is 1.88 bits per heavy atom. The molecule has 2 aliphatic rings. The molecule has 1 amide bonds. The number of nitrogens with two attached hydrogens (primary N) is 1. The highest BCUT2D eigenvalue weighted by Gasteiger charge is 2.25. The van der Waals surface area contributed by atoms with Gasteiger partial charge in [0, 0.05) is 18.5 Å². The lowest BCUT2D eigenvalue weighted by molar-refractivity contribution is -0.126. The largest absolute Gasteiger partial charge is 0.356 e. The zero-order valence-electron chi connectivity index (χ0n) is 10.1. The summed E-state index contributed by atoms with van der Waals surface area (Å²) >= 11 is 0. The van der Waals surface area contributed by atoms with Crippen LogP contribution >= 0.6 is 0 Å². The minimum atomic E-state index is 0.185. The molecule has 2 fully saturated rings. The summed E-state index contributed by atoms with van der Waals surface area (Å²) in [6, 6.07) is 0.246. The molecule has 0 aromatic carbocycles. The molecule has 0 heterocycles. The maximum Gasteiger partial charge on any atom is 0.223 e. The second-order valence-electron chi connectivity index (χ2n) is 5.52. The van der Waals surface area contributed by atoms with E-state index in [2.05, 4.69) is 5.32 Å². The SMILES string of the molecule is NC1CCCC(C(=O)NCC2CCCC2)C1. The Kier molecular flexibility index (Phi) is 4.22. The van der Waals surface area contributed by atoms with Gasteiger partial charge in [-0.2, -0.15) is 0 Å². The molecule has 92 valence electrons. The van der Waals surface area contributed by atoms with Crippen molar-refractivity contribution in [1.29, 1.82) is 0 Å². The van der Waals surface area contributed by atoms with E-state index < -0.39 is 0 Å². The van der Waals surface area contributed by atoms with E-state index in [0.29, 0.717) is 0 Å². The summed E-state index contributed by atoms with van der Waals surface area (Å²) in [5.41, 5.74) is 5.90. The maximum absolute atomic E-state index is 11.9. The highest BCUT2D eigenvalue weighted by Crippen LogP contribution is 2.25. The van der Waals surface area contributed by atoms with Gasteiger partial charge in [0.05, 0.1) is 0 Å². The van der Waals surface area contributed by atoms with Crippen molar-refractivity contribution in [2.24, 2.45) is 17.6 Å². The van der Waals surface area contributed by atoms with Gasteiger partial charge in [0.25, 0.3) is 0 Å². The van der Waals surface area contributed by atoms with Crippen molar-refractivity contribution in [1.82, 2.24) is 5.32 Å². The minimum absolute atomic E-state index is 0.185. The van der Waals surface area contributed by atoms with Crippen LogP contribution in [0.5, 0.6) is 0 Å². The number of carbonyl (C=O) groups excluding carboxylic acids is 1. The second kappa shape index (κ2) is 5.67. The highest BCUT2D eigenvalue weighted by molar-refractivity contribution is 5.78. The quantitative estimate of drug-likeness (QED) is 0.768. The van der Waals surface area contributed by atoms with Crippen molar-refractivity contribution in [2.75, 3.05) is 6.54 Å². The van der Waals surface area contributed by atoms with Crippen LogP contribution in [-0.4, -0.2) is 18.5 Å². The molecule has 2 aliphatic carbocycles. The molecule has 2 atom stereocenters. The Hall–Kier alpha value is -0.570. The van der Waals surface area contributed by atoms with Gasteiger partial charge in [-0.3, -0.25) is 4.79 Å². The molecule has 0 aromatic heterocycles. The Morgan fingerprint density at radius 3 is 2.56 bits per heavy atom. The van der Waals surface area contributed by atoms with E-state index in [0.717, 1.165) is 38.1 Å². The van der Waals surface area contributed by atoms with Gasteiger partial charge in [-0.15, -0.1) is 0 Å². The molecular formula is C13H24N2O. The molecule has 0 saturated heterocycles. The molecular weight excluding hydrogens is 200 g/mol. The average Bonchev–Trinajstić information content (AvgIpc) is 2.78. The van der Waals surface area contributed by atoms with Crippen molar-refractivity contribution in [3.63, 3.8) is 0 Å². The van der Waals surface area contributed by atoms with Crippen LogP contribution in [-0.2, 0) is 4.79 Å². The molecule has 0 aromatic rings. The van der Waals surface area contributed by atoms with Gasteiger partial charge in [0.15, 0.2) is 0 Å². The lowest BCUT2D eigenvalue weighted by atomic mass is 9.85. The summed E-state index contributed by atoms with van der Waals surface area (Å²) in [6.45, 7) is 0.893. The second-order valence-corrected chi connectivity index (χ2v) is 5.52. The van der Waals surface area contributed by atoms with E-state index in [1.807, 2.05) is 0 Å². The zero-order valence-corrected chi connectivity index (χ0v) is 10.1. The molecule has 0 bridgehead atoms. The molecule has 3 heteroatoms.